The Bertz CT molecular complexity index is 1130. The van der Waals surface area contributed by atoms with Crippen molar-refractivity contribution in [3.05, 3.63) is 82.6 Å². The number of carbonyl (C=O) groups is 2. The molecule has 29 heavy (non-hydrogen) atoms. The molecule has 1 aliphatic heterocycles. The van der Waals surface area contributed by atoms with Crippen LogP contribution in [0.4, 0.5) is 0 Å². The molecule has 2 N–H and O–H groups in total. The van der Waals surface area contributed by atoms with Gasteiger partial charge in [0.1, 0.15) is 12.4 Å². The van der Waals surface area contributed by atoms with Crippen LogP contribution in [-0.4, -0.2) is 22.0 Å². The van der Waals surface area contributed by atoms with Gasteiger partial charge in [0.2, 0.25) is 0 Å². The number of pyridine rings is 1. The Balaban J connectivity index is 1.67. The molecule has 0 aliphatic carbocycles. The van der Waals surface area contributed by atoms with E-state index >= 15 is 0 Å². The molecule has 0 bridgehead atoms. The van der Waals surface area contributed by atoms with Crippen molar-refractivity contribution in [2.75, 3.05) is 0 Å². The molecule has 3 aromatic rings. The van der Waals surface area contributed by atoms with Gasteiger partial charge < -0.3 is 15.2 Å². The summed E-state index contributed by atoms with van der Waals surface area (Å²) in [5, 5.41) is 12.7. The average molecular weight is 409 g/mol. The molecule has 1 aromatic heterocycles. The minimum atomic E-state index is -1.69. The Morgan fingerprint density at radius 3 is 2.72 bits per heavy atom. The standard InChI is InChI=1S/C22H17ClN2O4/c1-22(21(27)28,17-4-2-3-5-18(17)23)25-20(26)13-6-7-16-15-8-9-24-11-14(15)12-29-19(16)10-13/h2-11H,12H2,1H3,(H,25,26)(H,27,28). The Morgan fingerprint density at radius 1 is 1.17 bits per heavy atom. The summed E-state index contributed by atoms with van der Waals surface area (Å²) in [5.74, 6) is -1.19. The maximum Gasteiger partial charge on any atom is 0.333 e. The summed E-state index contributed by atoms with van der Waals surface area (Å²) < 4.78 is 5.76. The van der Waals surface area contributed by atoms with Gasteiger partial charge in [-0.15, -0.1) is 0 Å². The largest absolute Gasteiger partial charge is 0.488 e. The Kier molecular flexibility index (Phi) is 4.72. The van der Waals surface area contributed by atoms with E-state index in [2.05, 4.69) is 10.3 Å². The third-order valence-electron chi connectivity index (χ3n) is 5.02. The zero-order valence-corrected chi connectivity index (χ0v) is 16.2. The first-order chi connectivity index (χ1) is 13.9. The van der Waals surface area contributed by atoms with E-state index in [0.717, 1.165) is 16.7 Å². The van der Waals surface area contributed by atoms with Crippen LogP contribution in [0.2, 0.25) is 5.02 Å². The second kappa shape index (κ2) is 7.22. The van der Waals surface area contributed by atoms with Crippen molar-refractivity contribution in [2.45, 2.75) is 19.1 Å². The highest BCUT2D eigenvalue weighted by atomic mass is 35.5. The van der Waals surface area contributed by atoms with E-state index in [1.54, 1.807) is 54.9 Å². The van der Waals surface area contributed by atoms with Crippen molar-refractivity contribution < 1.29 is 19.4 Å². The van der Waals surface area contributed by atoms with Gasteiger partial charge >= 0.3 is 5.97 Å². The first-order valence-corrected chi connectivity index (χ1v) is 9.29. The molecule has 4 rings (SSSR count). The van der Waals surface area contributed by atoms with Crippen LogP contribution in [0.5, 0.6) is 5.75 Å². The van der Waals surface area contributed by atoms with Crippen LogP contribution in [0.25, 0.3) is 11.1 Å². The lowest BCUT2D eigenvalue weighted by Crippen LogP contribution is -2.49. The van der Waals surface area contributed by atoms with Crippen LogP contribution in [0, 0.1) is 0 Å². The summed E-state index contributed by atoms with van der Waals surface area (Å²) >= 11 is 6.19. The van der Waals surface area contributed by atoms with Crippen molar-refractivity contribution >= 4 is 23.5 Å². The number of nitrogens with one attached hydrogen (secondary N) is 1. The van der Waals surface area contributed by atoms with Crippen LogP contribution >= 0.6 is 11.6 Å². The number of carboxylic acids is 1. The zero-order chi connectivity index (χ0) is 20.6. The molecule has 0 radical (unpaired) electrons. The summed E-state index contributed by atoms with van der Waals surface area (Å²) in [5.41, 5.74) is 1.73. The van der Waals surface area contributed by atoms with Crippen molar-refractivity contribution in [1.82, 2.24) is 10.3 Å². The monoisotopic (exact) mass is 408 g/mol. The lowest BCUT2D eigenvalue weighted by atomic mass is 9.91. The molecule has 0 saturated carbocycles. The number of fused-ring (bicyclic) bond motifs is 3. The van der Waals surface area contributed by atoms with Crippen molar-refractivity contribution in [2.24, 2.45) is 0 Å². The van der Waals surface area contributed by atoms with Gasteiger partial charge in [-0.3, -0.25) is 9.78 Å². The Morgan fingerprint density at radius 2 is 1.97 bits per heavy atom. The van der Waals surface area contributed by atoms with Crippen LogP contribution in [0.1, 0.15) is 28.4 Å². The number of nitrogens with zero attached hydrogens (tertiary/aromatic N) is 1. The number of carbonyl (C=O) groups excluding carboxylic acids is 1. The molecule has 1 atom stereocenters. The third-order valence-corrected chi connectivity index (χ3v) is 5.35. The van der Waals surface area contributed by atoms with E-state index in [1.807, 2.05) is 6.07 Å². The second-order valence-electron chi connectivity index (χ2n) is 6.90. The molecule has 146 valence electrons. The molecule has 1 unspecified atom stereocenters. The molecule has 0 fully saturated rings. The minimum absolute atomic E-state index is 0.261. The van der Waals surface area contributed by atoms with Crippen molar-refractivity contribution in [3.63, 3.8) is 0 Å². The van der Waals surface area contributed by atoms with Gasteiger partial charge in [0, 0.05) is 39.7 Å². The molecule has 1 aliphatic rings. The number of halogens is 1. The van der Waals surface area contributed by atoms with E-state index in [4.69, 9.17) is 16.3 Å². The van der Waals surface area contributed by atoms with Crippen molar-refractivity contribution in [1.29, 1.82) is 0 Å². The minimum Gasteiger partial charge on any atom is -0.488 e. The quantitative estimate of drug-likeness (QED) is 0.680. The van der Waals surface area contributed by atoms with Gasteiger partial charge in [-0.1, -0.05) is 29.8 Å². The van der Waals surface area contributed by atoms with Crippen LogP contribution in [0.15, 0.2) is 60.9 Å². The third kappa shape index (κ3) is 3.32. The van der Waals surface area contributed by atoms with E-state index in [0.29, 0.717) is 23.5 Å². The van der Waals surface area contributed by atoms with E-state index in [1.165, 1.54) is 6.92 Å². The molecule has 0 spiro atoms. The highest BCUT2D eigenvalue weighted by Gasteiger charge is 2.39. The Hall–Kier alpha value is -3.38. The van der Waals surface area contributed by atoms with Gasteiger partial charge in [-0.2, -0.15) is 0 Å². The van der Waals surface area contributed by atoms with E-state index < -0.39 is 17.4 Å². The summed E-state index contributed by atoms with van der Waals surface area (Å²) in [6.45, 7) is 1.76. The molecule has 2 aromatic carbocycles. The van der Waals surface area contributed by atoms with Gasteiger partial charge in [0.05, 0.1) is 0 Å². The molecule has 7 heteroatoms. The maximum atomic E-state index is 12.9. The fraction of sp³-hybridized carbons (Fsp3) is 0.136. The summed E-state index contributed by atoms with van der Waals surface area (Å²) in [6, 6.07) is 13.5. The fourth-order valence-electron chi connectivity index (χ4n) is 3.37. The lowest BCUT2D eigenvalue weighted by Gasteiger charge is -2.28. The first-order valence-electron chi connectivity index (χ1n) is 8.91. The normalized spacial score (nSPS) is 14.0. The molecule has 6 nitrogen and oxygen atoms in total. The predicted octanol–water partition coefficient (Wildman–Crippen LogP) is 4.02. The van der Waals surface area contributed by atoms with E-state index in [-0.39, 0.29) is 5.02 Å². The lowest BCUT2D eigenvalue weighted by molar-refractivity contribution is -0.144. The Labute approximate surface area is 172 Å². The van der Waals surface area contributed by atoms with Crippen LogP contribution in [0.3, 0.4) is 0 Å². The molecule has 2 heterocycles. The van der Waals surface area contributed by atoms with Gasteiger partial charge in [-0.25, -0.2) is 4.79 Å². The molecule has 0 saturated heterocycles. The number of aliphatic carboxylic acids is 1. The number of rotatable bonds is 4. The van der Waals surface area contributed by atoms with Crippen LogP contribution < -0.4 is 10.1 Å². The zero-order valence-electron chi connectivity index (χ0n) is 15.5. The smallest absolute Gasteiger partial charge is 0.333 e. The van der Waals surface area contributed by atoms with Crippen LogP contribution in [-0.2, 0) is 16.9 Å². The highest BCUT2D eigenvalue weighted by molar-refractivity contribution is 6.31. The topological polar surface area (TPSA) is 88.5 Å². The summed E-state index contributed by atoms with van der Waals surface area (Å²) in [7, 11) is 0. The number of hydrogen-bond donors (Lipinski definition) is 2. The number of aromatic nitrogens is 1. The SMILES string of the molecule is CC(NC(=O)c1ccc2c(c1)OCc1cnccc1-2)(C(=O)O)c1ccccc1Cl. The van der Waals surface area contributed by atoms with E-state index in [9.17, 15) is 14.7 Å². The molecular formula is C22H17ClN2O4. The highest BCUT2D eigenvalue weighted by Crippen LogP contribution is 2.37. The fourth-order valence-corrected chi connectivity index (χ4v) is 3.69. The maximum absolute atomic E-state index is 12.9. The number of benzene rings is 2. The van der Waals surface area contributed by atoms with Gasteiger partial charge in [0.15, 0.2) is 5.54 Å². The summed E-state index contributed by atoms with van der Waals surface area (Å²) in [6.07, 6.45) is 3.46. The van der Waals surface area contributed by atoms with Gasteiger partial charge in [0.25, 0.3) is 5.91 Å². The number of hydrogen-bond acceptors (Lipinski definition) is 4. The number of ether oxygens (including phenoxy) is 1. The number of carboxylic acid groups (broad SMARTS) is 1. The van der Waals surface area contributed by atoms with Crippen molar-refractivity contribution in [3.8, 4) is 16.9 Å². The predicted molar refractivity (Wildman–Crippen MR) is 108 cm³/mol. The molecule has 1 amide bonds. The number of amides is 1. The first kappa shape index (κ1) is 19.0. The molecular weight excluding hydrogens is 392 g/mol. The summed E-state index contributed by atoms with van der Waals surface area (Å²) in [4.78, 5) is 29.0. The average Bonchev–Trinajstić information content (AvgIpc) is 2.73. The van der Waals surface area contributed by atoms with Gasteiger partial charge in [-0.05, 0) is 42.8 Å². The second-order valence-corrected chi connectivity index (χ2v) is 7.30.